The molecule has 2 rings (SSSR count). The van der Waals surface area contributed by atoms with Gasteiger partial charge in [-0.1, -0.05) is 0 Å². The number of carbonyl (C=O) groups is 2. The topological polar surface area (TPSA) is 58.2 Å². The Morgan fingerprint density at radius 1 is 1.31 bits per heavy atom. The molecule has 0 aromatic heterocycles. The average Bonchev–Trinajstić information content (AvgIpc) is 2.18. The maximum Gasteiger partial charge on any atom is 0.254 e. The van der Waals surface area contributed by atoms with Gasteiger partial charge in [-0.15, -0.1) is 0 Å². The van der Waals surface area contributed by atoms with Crippen LogP contribution in [-0.2, 0) is 0 Å². The van der Waals surface area contributed by atoms with E-state index in [9.17, 15) is 9.59 Å². The molecule has 1 aromatic carbocycles. The van der Waals surface area contributed by atoms with Crippen LogP contribution < -0.4 is 10.6 Å². The Bertz CT molecular complexity index is 374. The lowest BCUT2D eigenvalue weighted by Gasteiger charge is -2.18. The first-order chi connectivity index (χ1) is 6.31. The van der Waals surface area contributed by atoms with Crippen LogP contribution in [0.3, 0.4) is 0 Å². The lowest BCUT2D eigenvalue weighted by Crippen LogP contribution is -2.34. The molecule has 4 heteroatoms. The van der Waals surface area contributed by atoms with Gasteiger partial charge in [0.25, 0.3) is 5.91 Å². The van der Waals surface area contributed by atoms with E-state index >= 15 is 0 Å². The number of nitrogens with one attached hydrogen (secondary N) is 2. The fourth-order valence-electron chi connectivity index (χ4n) is 1.29. The average molecular weight is 176 g/mol. The van der Waals surface area contributed by atoms with Gasteiger partial charge in [0, 0.05) is 11.3 Å². The van der Waals surface area contributed by atoms with E-state index in [2.05, 4.69) is 10.6 Å². The van der Waals surface area contributed by atoms with Gasteiger partial charge in [-0.3, -0.25) is 9.59 Å². The van der Waals surface area contributed by atoms with Crippen molar-refractivity contribution in [3.05, 3.63) is 29.3 Å². The number of benzene rings is 1. The molecule has 0 fully saturated rings. The van der Waals surface area contributed by atoms with Crippen molar-refractivity contribution >= 4 is 17.9 Å². The summed E-state index contributed by atoms with van der Waals surface area (Å²) < 4.78 is 0. The summed E-state index contributed by atoms with van der Waals surface area (Å²) in [5.41, 5.74) is 1.81. The Morgan fingerprint density at radius 2 is 2.15 bits per heavy atom. The molecule has 0 bridgehead atoms. The number of fused-ring (bicyclic) bond motifs is 1. The molecule has 0 spiro atoms. The first-order valence-corrected chi connectivity index (χ1v) is 3.92. The maximum atomic E-state index is 11.3. The van der Waals surface area contributed by atoms with E-state index in [4.69, 9.17) is 0 Å². The SMILES string of the molecule is O=Cc1ccc2c(c1)C(=O)NCN2. The highest BCUT2D eigenvalue weighted by Gasteiger charge is 2.15. The predicted octanol–water partition coefficient (Wildman–Crippen LogP) is 0.612. The highest BCUT2D eigenvalue weighted by Crippen LogP contribution is 2.18. The molecule has 4 nitrogen and oxygen atoms in total. The van der Waals surface area contributed by atoms with Gasteiger partial charge in [0.2, 0.25) is 0 Å². The normalized spacial score (nSPS) is 14.0. The third kappa shape index (κ3) is 1.26. The summed E-state index contributed by atoms with van der Waals surface area (Å²) >= 11 is 0. The Kier molecular flexibility index (Phi) is 1.73. The minimum Gasteiger partial charge on any atom is -0.367 e. The Morgan fingerprint density at radius 3 is 2.92 bits per heavy atom. The molecular formula is C9H8N2O2. The molecule has 1 aliphatic heterocycles. The number of anilines is 1. The van der Waals surface area contributed by atoms with Crippen molar-refractivity contribution in [3.63, 3.8) is 0 Å². The van der Waals surface area contributed by atoms with Gasteiger partial charge in [-0.05, 0) is 18.2 Å². The molecule has 1 amide bonds. The second-order valence-corrected chi connectivity index (χ2v) is 2.78. The molecule has 0 saturated carbocycles. The second kappa shape index (κ2) is 2.90. The summed E-state index contributed by atoms with van der Waals surface area (Å²) in [4.78, 5) is 21.7. The van der Waals surface area contributed by atoms with Crippen LogP contribution in [0.2, 0.25) is 0 Å². The van der Waals surface area contributed by atoms with Crippen molar-refractivity contribution in [2.45, 2.75) is 0 Å². The third-order valence-corrected chi connectivity index (χ3v) is 1.95. The standard InChI is InChI=1S/C9H8N2O2/c12-4-6-1-2-8-7(3-6)9(13)11-5-10-8/h1-4,10H,5H2,(H,11,13). The molecule has 1 heterocycles. The quantitative estimate of drug-likeness (QED) is 0.616. The highest BCUT2D eigenvalue weighted by atomic mass is 16.2. The summed E-state index contributed by atoms with van der Waals surface area (Å²) in [6.45, 7) is 0.437. The van der Waals surface area contributed by atoms with E-state index in [-0.39, 0.29) is 5.91 Å². The van der Waals surface area contributed by atoms with E-state index in [0.717, 1.165) is 12.0 Å². The van der Waals surface area contributed by atoms with Gasteiger partial charge in [-0.2, -0.15) is 0 Å². The van der Waals surface area contributed by atoms with Gasteiger partial charge in [0.05, 0.1) is 12.2 Å². The summed E-state index contributed by atoms with van der Waals surface area (Å²) in [6, 6.07) is 4.99. The second-order valence-electron chi connectivity index (χ2n) is 2.78. The molecule has 0 saturated heterocycles. The zero-order valence-corrected chi connectivity index (χ0v) is 6.83. The monoisotopic (exact) mass is 176 g/mol. The van der Waals surface area contributed by atoms with Crippen molar-refractivity contribution < 1.29 is 9.59 Å². The zero-order chi connectivity index (χ0) is 9.26. The molecule has 1 aromatic rings. The van der Waals surface area contributed by atoms with Gasteiger partial charge in [-0.25, -0.2) is 0 Å². The molecule has 2 N–H and O–H groups in total. The minimum atomic E-state index is -0.141. The van der Waals surface area contributed by atoms with Crippen LogP contribution in [-0.4, -0.2) is 18.9 Å². The van der Waals surface area contributed by atoms with Crippen LogP contribution in [0.15, 0.2) is 18.2 Å². The summed E-state index contributed by atoms with van der Waals surface area (Å²) in [7, 11) is 0. The third-order valence-electron chi connectivity index (χ3n) is 1.95. The smallest absolute Gasteiger partial charge is 0.254 e. The van der Waals surface area contributed by atoms with Crippen LogP contribution in [0.1, 0.15) is 20.7 Å². The molecule has 0 unspecified atom stereocenters. The van der Waals surface area contributed by atoms with Gasteiger partial charge in [0.1, 0.15) is 6.29 Å². The molecule has 13 heavy (non-hydrogen) atoms. The van der Waals surface area contributed by atoms with E-state index in [1.165, 1.54) is 0 Å². The lowest BCUT2D eigenvalue weighted by molar-refractivity contribution is 0.0953. The molecule has 0 atom stereocenters. The lowest BCUT2D eigenvalue weighted by atomic mass is 10.1. The Labute approximate surface area is 74.9 Å². The largest absolute Gasteiger partial charge is 0.367 e. The Hall–Kier alpha value is -1.84. The van der Waals surface area contributed by atoms with Crippen LogP contribution in [0, 0.1) is 0 Å². The van der Waals surface area contributed by atoms with Crippen molar-refractivity contribution in [1.82, 2.24) is 5.32 Å². The molecule has 1 aliphatic rings. The van der Waals surface area contributed by atoms with Gasteiger partial charge >= 0.3 is 0 Å². The highest BCUT2D eigenvalue weighted by molar-refractivity contribution is 6.02. The molecule has 0 aliphatic carbocycles. The van der Waals surface area contributed by atoms with E-state index in [1.54, 1.807) is 18.2 Å². The van der Waals surface area contributed by atoms with Gasteiger partial charge in [0.15, 0.2) is 0 Å². The number of carbonyl (C=O) groups excluding carboxylic acids is 2. The maximum absolute atomic E-state index is 11.3. The number of hydrogen-bond donors (Lipinski definition) is 2. The first-order valence-electron chi connectivity index (χ1n) is 3.92. The van der Waals surface area contributed by atoms with Crippen LogP contribution in [0.5, 0.6) is 0 Å². The molecular weight excluding hydrogens is 168 g/mol. The van der Waals surface area contributed by atoms with Crippen molar-refractivity contribution in [3.8, 4) is 0 Å². The fourth-order valence-corrected chi connectivity index (χ4v) is 1.29. The number of hydrogen-bond acceptors (Lipinski definition) is 3. The molecule has 66 valence electrons. The Balaban J connectivity index is 2.53. The number of aldehydes is 1. The minimum absolute atomic E-state index is 0.141. The number of amides is 1. The van der Waals surface area contributed by atoms with E-state index in [0.29, 0.717) is 17.8 Å². The van der Waals surface area contributed by atoms with E-state index < -0.39 is 0 Å². The first kappa shape index (κ1) is 7.79. The predicted molar refractivity (Wildman–Crippen MR) is 47.8 cm³/mol. The van der Waals surface area contributed by atoms with Crippen LogP contribution in [0.4, 0.5) is 5.69 Å². The molecule has 0 radical (unpaired) electrons. The van der Waals surface area contributed by atoms with Crippen molar-refractivity contribution in [2.75, 3.05) is 12.0 Å². The summed E-state index contributed by atoms with van der Waals surface area (Å²) in [5, 5.41) is 5.62. The summed E-state index contributed by atoms with van der Waals surface area (Å²) in [5.74, 6) is -0.141. The summed E-state index contributed by atoms with van der Waals surface area (Å²) in [6.07, 6.45) is 0.724. The van der Waals surface area contributed by atoms with Crippen molar-refractivity contribution in [1.29, 1.82) is 0 Å². The van der Waals surface area contributed by atoms with Crippen LogP contribution >= 0.6 is 0 Å². The van der Waals surface area contributed by atoms with Gasteiger partial charge < -0.3 is 10.6 Å². The van der Waals surface area contributed by atoms with Crippen LogP contribution in [0.25, 0.3) is 0 Å². The zero-order valence-electron chi connectivity index (χ0n) is 6.83. The number of rotatable bonds is 1. The van der Waals surface area contributed by atoms with E-state index in [1.807, 2.05) is 0 Å². The van der Waals surface area contributed by atoms with Crippen molar-refractivity contribution in [2.24, 2.45) is 0 Å². The fraction of sp³-hybridized carbons (Fsp3) is 0.111.